The summed E-state index contributed by atoms with van der Waals surface area (Å²) in [4.78, 5) is 12.0. The fourth-order valence-electron chi connectivity index (χ4n) is 2.22. The van der Waals surface area contributed by atoms with Gasteiger partial charge in [0.1, 0.15) is 5.76 Å². The van der Waals surface area contributed by atoms with Crippen LogP contribution >= 0.6 is 23.2 Å². The molecule has 1 aliphatic heterocycles. The topological polar surface area (TPSA) is 67.2 Å². The van der Waals surface area contributed by atoms with Gasteiger partial charge in [0.25, 0.3) is 5.91 Å². The molecular formula is C14H11Cl2N3O2. The molecule has 0 bridgehead atoms. The molecule has 3 rings (SSSR count). The van der Waals surface area contributed by atoms with E-state index in [2.05, 4.69) is 10.4 Å². The summed E-state index contributed by atoms with van der Waals surface area (Å²) in [6.45, 7) is 1.70. The molecule has 0 spiro atoms. The number of carbonyl (C=O) groups excluding carboxylic acids is 1. The second kappa shape index (κ2) is 5.09. The molecule has 2 heterocycles. The normalized spacial score (nSPS) is 18.2. The van der Waals surface area contributed by atoms with Crippen molar-refractivity contribution in [1.29, 1.82) is 0 Å². The van der Waals surface area contributed by atoms with E-state index in [9.17, 15) is 9.90 Å². The van der Waals surface area contributed by atoms with Gasteiger partial charge in [0, 0.05) is 16.8 Å². The molecule has 2 aromatic rings. The number of hydrogen-bond acceptors (Lipinski definition) is 3. The molecule has 108 valence electrons. The molecule has 21 heavy (non-hydrogen) atoms. The number of nitrogens with zero attached hydrogens (tertiary/aromatic N) is 2. The molecule has 1 aromatic carbocycles. The van der Waals surface area contributed by atoms with Crippen molar-refractivity contribution in [3.63, 3.8) is 0 Å². The van der Waals surface area contributed by atoms with E-state index in [4.69, 9.17) is 23.2 Å². The number of carbonyl (C=O) groups is 1. The van der Waals surface area contributed by atoms with E-state index in [1.165, 1.54) is 6.20 Å². The average Bonchev–Trinajstić information content (AvgIpc) is 2.96. The van der Waals surface area contributed by atoms with Gasteiger partial charge in [0.2, 0.25) is 0 Å². The van der Waals surface area contributed by atoms with Gasteiger partial charge < -0.3 is 10.4 Å². The van der Waals surface area contributed by atoms with E-state index in [0.717, 1.165) is 0 Å². The number of halogens is 2. The first-order valence-electron chi connectivity index (χ1n) is 6.22. The summed E-state index contributed by atoms with van der Waals surface area (Å²) in [5.41, 5.74) is 1.33. The van der Waals surface area contributed by atoms with Crippen LogP contribution in [-0.2, 0) is 4.79 Å². The zero-order chi connectivity index (χ0) is 15.1. The Bertz CT molecular complexity index is 767. The first-order valence-corrected chi connectivity index (χ1v) is 6.97. The summed E-state index contributed by atoms with van der Waals surface area (Å²) in [6, 6.07) is 4.67. The molecule has 7 heteroatoms. The Hall–Kier alpha value is -1.98. The fraction of sp³-hybridized carbons (Fsp3) is 0.143. The number of amides is 1. The van der Waals surface area contributed by atoms with Crippen LogP contribution < -0.4 is 5.32 Å². The summed E-state index contributed by atoms with van der Waals surface area (Å²) < 4.78 is 1.57. The lowest BCUT2D eigenvalue weighted by Gasteiger charge is -2.08. The molecule has 0 saturated heterocycles. The van der Waals surface area contributed by atoms with Crippen LogP contribution in [0.4, 0.5) is 0 Å². The lowest BCUT2D eigenvalue weighted by atomic mass is 10.0. The van der Waals surface area contributed by atoms with Crippen molar-refractivity contribution < 1.29 is 9.90 Å². The first-order chi connectivity index (χ1) is 9.97. The molecule has 0 fully saturated rings. The minimum Gasteiger partial charge on any atom is -0.509 e. The minimum absolute atomic E-state index is 0.0162. The Balaban J connectivity index is 2.13. The van der Waals surface area contributed by atoms with Crippen LogP contribution in [0.1, 0.15) is 12.5 Å². The summed E-state index contributed by atoms with van der Waals surface area (Å²) >= 11 is 12.0. The minimum atomic E-state index is -0.425. The highest BCUT2D eigenvalue weighted by molar-refractivity contribution is 6.35. The van der Waals surface area contributed by atoms with Crippen LogP contribution in [0.2, 0.25) is 10.0 Å². The number of hydrogen-bond donors (Lipinski definition) is 2. The standard InChI is InChI=1S/C14H11Cl2N3O2/c1-7-13(20)12(14(21)18-7)10-4-9(2-3-11(10)16)19-6-8(15)5-17-19/h2-7,20H,1H3,(H,18,21). The highest BCUT2D eigenvalue weighted by atomic mass is 35.5. The van der Waals surface area contributed by atoms with Gasteiger partial charge in [-0.05, 0) is 25.1 Å². The lowest BCUT2D eigenvalue weighted by molar-refractivity contribution is -0.115. The third-order valence-electron chi connectivity index (χ3n) is 3.28. The molecule has 0 aliphatic carbocycles. The quantitative estimate of drug-likeness (QED) is 0.892. The van der Waals surface area contributed by atoms with Gasteiger partial charge in [0.05, 0.1) is 28.5 Å². The monoisotopic (exact) mass is 323 g/mol. The summed E-state index contributed by atoms with van der Waals surface area (Å²) in [6.07, 6.45) is 3.15. The van der Waals surface area contributed by atoms with Crippen molar-refractivity contribution in [3.05, 3.63) is 52.0 Å². The van der Waals surface area contributed by atoms with E-state index in [1.54, 1.807) is 36.0 Å². The second-order valence-electron chi connectivity index (χ2n) is 4.72. The predicted molar refractivity (Wildman–Crippen MR) is 80.7 cm³/mol. The van der Waals surface area contributed by atoms with Crippen LogP contribution in [-0.4, -0.2) is 26.8 Å². The maximum Gasteiger partial charge on any atom is 0.256 e. The number of nitrogens with one attached hydrogen (secondary N) is 1. The molecule has 1 atom stereocenters. The Morgan fingerprint density at radius 2 is 2.14 bits per heavy atom. The summed E-state index contributed by atoms with van der Waals surface area (Å²) in [5, 5.41) is 17.7. The third kappa shape index (κ3) is 2.39. The predicted octanol–water partition coefficient (Wildman–Crippen LogP) is 2.97. The van der Waals surface area contributed by atoms with Gasteiger partial charge in [-0.2, -0.15) is 5.10 Å². The van der Waals surface area contributed by atoms with Crippen molar-refractivity contribution in [3.8, 4) is 5.69 Å². The van der Waals surface area contributed by atoms with Crippen LogP contribution in [0.15, 0.2) is 36.4 Å². The van der Waals surface area contributed by atoms with Crippen LogP contribution in [0.25, 0.3) is 11.3 Å². The van der Waals surface area contributed by atoms with Crippen molar-refractivity contribution in [2.75, 3.05) is 0 Å². The summed E-state index contributed by atoms with van der Waals surface area (Å²) in [7, 11) is 0. The smallest absolute Gasteiger partial charge is 0.256 e. The number of rotatable bonds is 2. The van der Waals surface area contributed by atoms with Gasteiger partial charge in [-0.3, -0.25) is 4.79 Å². The van der Waals surface area contributed by atoms with Crippen molar-refractivity contribution >= 4 is 34.7 Å². The van der Waals surface area contributed by atoms with E-state index in [-0.39, 0.29) is 17.2 Å². The molecule has 1 aliphatic rings. The zero-order valence-electron chi connectivity index (χ0n) is 11.0. The Morgan fingerprint density at radius 1 is 1.38 bits per heavy atom. The average molecular weight is 324 g/mol. The molecule has 5 nitrogen and oxygen atoms in total. The van der Waals surface area contributed by atoms with Crippen molar-refractivity contribution in [1.82, 2.24) is 15.1 Å². The van der Waals surface area contributed by atoms with E-state index >= 15 is 0 Å². The van der Waals surface area contributed by atoms with Gasteiger partial charge in [-0.1, -0.05) is 23.2 Å². The number of aliphatic hydroxyl groups is 1. The highest BCUT2D eigenvalue weighted by Gasteiger charge is 2.31. The van der Waals surface area contributed by atoms with Gasteiger partial charge in [0.15, 0.2) is 0 Å². The van der Waals surface area contributed by atoms with Crippen LogP contribution in [0.5, 0.6) is 0 Å². The maximum absolute atomic E-state index is 12.0. The van der Waals surface area contributed by atoms with E-state index < -0.39 is 6.04 Å². The third-order valence-corrected chi connectivity index (χ3v) is 3.80. The first kappa shape index (κ1) is 14.0. The second-order valence-corrected chi connectivity index (χ2v) is 5.57. The molecular weight excluding hydrogens is 313 g/mol. The number of aromatic nitrogens is 2. The number of aliphatic hydroxyl groups excluding tert-OH is 1. The van der Waals surface area contributed by atoms with Gasteiger partial charge in [-0.25, -0.2) is 4.68 Å². The van der Waals surface area contributed by atoms with Gasteiger partial charge in [-0.15, -0.1) is 0 Å². The van der Waals surface area contributed by atoms with Crippen molar-refractivity contribution in [2.45, 2.75) is 13.0 Å². The molecule has 1 unspecified atom stereocenters. The lowest BCUT2D eigenvalue weighted by Crippen LogP contribution is -2.25. The molecule has 0 saturated carbocycles. The molecule has 2 N–H and O–H groups in total. The van der Waals surface area contributed by atoms with Gasteiger partial charge >= 0.3 is 0 Å². The number of benzene rings is 1. The largest absolute Gasteiger partial charge is 0.509 e. The highest BCUT2D eigenvalue weighted by Crippen LogP contribution is 2.32. The molecule has 1 aromatic heterocycles. The van der Waals surface area contributed by atoms with E-state index in [1.807, 2.05) is 0 Å². The Kier molecular flexibility index (Phi) is 3.39. The Labute approximate surface area is 130 Å². The maximum atomic E-state index is 12.0. The molecule has 0 radical (unpaired) electrons. The van der Waals surface area contributed by atoms with Crippen LogP contribution in [0.3, 0.4) is 0 Å². The zero-order valence-corrected chi connectivity index (χ0v) is 12.5. The van der Waals surface area contributed by atoms with E-state index in [0.29, 0.717) is 21.3 Å². The molecule has 1 amide bonds. The van der Waals surface area contributed by atoms with Crippen molar-refractivity contribution in [2.24, 2.45) is 0 Å². The Morgan fingerprint density at radius 3 is 2.71 bits per heavy atom. The fourth-order valence-corrected chi connectivity index (χ4v) is 2.57. The summed E-state index contributed by atoms with van der Waals surface area (Å²) in [5.74, 6) is -0.366. The van der Waals surface area contributed by atoms with Crippen LogP contribution in [0, 0.1) is 0 Å². The SMILES string of the molecule is CC1NC(=O)C(c2cc(-n3cc(Cl)cn3)ccc2Cl)=C1O.